The van der Waals surface area contributed by atoms with E-state index in [4.69, 9.17) is 0 Å². The number of piperidine rings is 1. The summed E-state index contributed by atoms with van der Waals surface area (Å²) in [5, 5.41) is 34.4. The van der Waals surface area contributed by atoms with E-state index in [0.29, 0.717) is 23.8 Å². The van der Waals surface area contributed by atoms with Gasteiger partial charge in [0.05, 0.1) is 17.8 Å². The summed E-state index contributed by atoms with van der Waals surface area (Å²) in [5.41, 5.74) is -0.524. The molecule has 5 aliphatic carbocycles. The molecular weight excluding hydrogens is 314 g/mol. The molecule has 1 saturated heterocycles. The number of aliphatic hydroxyl groups is 3. The van der Waals surface area contributed by atoms with Crippen molar-refractivity contribution in [2.75, 3.05) is 13.1 Å². The molecule has 1 heterocycles. The SMILES string of the molecule is CCN1C[C@]2(C)CC[C@H](O)[C@@]34C1C(CC23)[C@@]1(O)CC[C@H]2C[C@@H]4[C@@H]1[C@H]2O. The van der Waals surface area contributed by atoms with Gasteiger partial charge in [-0.1, -0.05) is 13.8 Å². The van der Waals surface area contributed by atoms with Crippen LogP contribution in [-0.2, 0) is 0 Å². The van der Waals surface area contributed by atoms with Crippen LogP contribution in [-0.4, -0.2) is 57.2 Å². The quantitative estimate of drug-likeness (QED) is 0.675. The molecule has 0 aromatic rings. The van der Waals surface area contributed by atoms with E-state index in [0.717, 1.165) is 51.6 Å². The molecule has 1 aliphatic heterocycles. The molecule has 0 radical (unpaired) electrons. The van der Waals surface area contributed by atoms with Gasteiger partial charge in [-0.05, 0) is 68.2 Å². The second-order valence-corrected chi connectivity index (χ2v) is 10.8. The van der Waals surface area contributed by atoms with Crippen LogP contribution in [0.3, 0.4) is 0 Å². The second kappa shape index (κ2) is 4.45. The minimum absolute atomic E-state index is 0.00584. The Kier molecular flexibility index (Phi) is 2.82. The fraction of sp³-hybridized carbons (Fsp3) is 1.00. The molecule has 25 heavy (non-hydrogen) atoms. The normalized spacial score (nSPS) is 67.6. The van der Waals surface area contributed by atoms with Crippen molar-refractivity contribution in [1.82, 2.24) is 4.90 Å². The summed E-state index contributed by atoms with van der Waals surface area (Å²) in [5.74, 6) is 1.42. The Balaban J connectivity index is 1.62. The van der Waals surface area contributed by atoms with E-state index in [9.17, 15) is 15.3 Å². The molecule has 3 unspecified atom stereocenters. The van der Waals surface area contributed by atoms with Gasteiger partial charge in [-0.3, -0.25) is 4.90 Å². The zero-order valence-corrected chi connectivity index (χ0v) is 15.6. The van der Waals surface area contributed by atoms with Crippen LogP contribution >= 0.6 is 0 Å². The number of hydrogen-bond donors (Lipinski definition) is 3. The lowest BCUT2D eigenvalue weighted by molar-refractivity contribution is -0.260. The van der Waals surface area contributed by atoms with Gasteiger partial charge in [-0.15, -0.1) is 0 Å². The average Bonchev–Trinajstić information content (AvgIpc) is 3.00. The van der Waals surface area contributed by atoms with Gasteiger partial charge in [0, 0.05) is 29.8 Å². The highest BCUT2D eigenvalue weighted by molar-refractivity contribution is 5.31. The predicted molar refractivity (Wildman–Crippen MR) is 93.7 cm³/mol. The van der Waals surface area contributed by atoms with Crippen molar-refractivity contribution >= 4 is 0 Å². The molecule has 6 fully saturated rings. The summed E-state index contributed by atoms with van der Waals surface area (Å²) in [7, 11) is 0. The molecule has 4 nitrogen and oxygen atoms in total. The molecule has 0 aromatic carbocycles. The minimum atomic E-state index is -0.706. The highest BCUT2D eigenvalue weighted by Crippen LogP contribution is 2.78. The summed E-state index contributed by atoms with van der Waals surface area (Å²) >= 11 is 0. The van der Waals surface area contributed by atoms with E-state index in [1.54, 1.807) is 0 Å². The van der Waals surface area contributed by atoms with Gasteiger partial charge in [0.25, 0.3) is 0 Å². The van der Waals surface area contributed by atoms with Crippen molar-refractivity contribution in [1.29, 1.82) is 0 Å². The maximum absolute atomic E-state index is 11.9. The van der Waals surface area contributed by atoms with E-state index in [-0.39, 0.29) is 34.9 Å². The number of rotatable bonds is 1. The van der Waals surface area contributed by atoms with Crippen LogP contribution < -0.4 is 0 Å². The Morgan fingerprint density at radius 2 is 1.88 bits per heavy atom. The summed E-state index contributed by atoms with van der Waals surface area (Å²) in [6.07, 6.45) is 5.34. The number of nitrogens with zero attached hydrogens (tertiary/aromatic N) is 1. The third-order valence-electron chi connectivity index (χ3n) is 10.4. The second-order valence-electron chi connectivity index (χ2n) is 10.8. The van der Waals surface area contributed by atoms with E-state index in [2.05, 4.69) is 18.7 Å². The fourth-order valence-electron chi connectivity index (χ4n) is 9.79. The van der Waals surface area contributed by atoms with Crippen LogP contribution in [0.2, 0.25) is 0 Å². The first kappa shape index (κ1) is 15.9. The first-order valence-corrected chi connectivity index (χ1v) is 10.7. The summed E-state index contributed by atoms with van der Waals surface area (Å²) in [4.78, 5) is 2.63. The Labute approximate surface area is 150 Å². The summed E-state index contributed by atoms with van der Waals surface area (Å²) < 4.78 is 0. The van der Waals surface area contributed by atoms with Gasteiger partial charge in [-0.2, -0.15) is 0 Å². The molecule has 3 N–H and O–H groups in total. The molecule has 140 valence electrons. The van der Waals surface area contributed by atoms with Gasteiger partial charge in [-0.25, -0.2) is 0 Å². The Hall–Kier alpha value is -0.160. The standard InChI is InChI=1S/C21H33NO3/c1-3-22-10-19(2)6-5-15(23)21-12-8-11-4-7-20(25,16(12)17(11)24)13(18(21)22)9-14(19)21/h11-18,23-25H,3-10H2,1-2H3/t11-,12+,13?,14?,15-,16+,17-,18?,19-,20-,21-/m0/s1. The van der Waals surface area contributed by atoms with E-state index in [1.807, 2.05) is 0 Å². The Morgan fingerprint density at radius 3 is 2.64 bits per heavy atom. The number of aliphatic hydroxyl groups excluding tert-OH is 2. The lowest BCUT2D eigenvalue weighted by Crippen LogP contribution is -2.75. The first-order chi connectivity index (χ1) is 11.9. The van der Waals surface area contributed by atoms with Crippen LogP contribution in [0.5, 0.6) is 0 Å². The van der Waals surface area contributed by atoms with E-state index >= 15 is 0 Å². The summed E-state index contributed by atoms with van der Waals surface area (Å²) in [6, 6.07) is 0.321. The highest BCUT2D eigenvalue weighted by atomic mass is 16.3. The zero-order chi connectivity index (χ0) is 17.4. The molecule has 4 heteroatoms. The summed E-state index contributed by atoms with van der Waals surface area (Å²) in [6.45, 7) is 6.84. The monoisotopic (exact) mass is 347 g/mol. The molecule has 5 saturated carbocycles. The van der Waals surface area contributed by atoms with Gasteiger partial charge < -0.3 is 15.3 Å². The smallest absolute Gasteiger partial charge is 0.0746 e. The predicted octanol–water partition coefficient (Wildman–Crippen LogP) is 1.63. The molecular formula is C21H33NO3. The van der Waals surface area contributed by atoms with Crippen molar-refractivity contribution < 1.29 is 15.3 Å². The van der Waals surface area contributed by atoms with Crippen LogP contribution in [0.1, 0.15) is 52.4 Å². The van der Waals surface area contributed by atoms with Crippen molar-refractivity contribution in [2.45, 2.75) is 76.2 Å². The maximum atomic E-state index is 11.9. The third kappa shape index (κ3) is 1.44. The van der Waals surface area contributed by atoms with Crippen molar-refractivity contribution in [3.63, 3.8) is 0 Å². The largest absolute Gasteiger partial charge is 0.392 e. The topological polar surface area (TPSA) is 63.9 Å². The van der Waals surface area contributed by atoms with Gasteiger partial charge >= 0.3 is 0 Å². The number of hydrogen-bond acceptors (Lipinski definition) is 4. The fourth-order valence-corrected chi connectivity index (χ4v) is 9.79. The van der Waals surface area contributed by atoms with Crippen LogP contribution in [0.25, 0.3) is 0 Å². The number of fused-ring (bicyclic) bond motifs is 2. The van der Waals surface area contributed by atoms with Crippen molar-refractivity contribution in [3.05, 3.63) is 0 Å². The Bertz CT molecular complexity index is 626. The zero-order valence-electron chi connectivity index (χ0n) is 15.6. The van der Waals surface area contributed by atoms with Gasteiger partial charge in [0.2, 0.25) is 0 Å². The highest BCUT2D eigenvalue weighted by Gasteiger charge is 2.81. The van der Waals surface area contributed by atoms with Gasteiger partial charge in [0.15, 0.2) is 0 Å². The first-order valence-electron chi connectivity index (χ1n) is 10.7. The molecule has 7 bridgehead atoms. The van der Waals surface area contributed by atoms with E-state index in [1.165, 1.54) is 0 Å². The number of likely N-dealkylation sites (tertiary alicyclic amines) is 1. The lowest BCUT2D eigenvalue weighted by atomic mass is 9.43. The molecule has 6 rings (SSSR count). The van der Waals surface area contributed by atoms with Gasteiger partial charge in [0.1, 0.15) is 0 Å². The molecule has 0 amide bonds. The lowest BCUT2D eigenvalue weighted by Gasteiger charge is -2.68. The minimum Gasteiger partial charge on any atom is -0.392 e. The van der Waals surface area contributed by atoms with Crippen molar-refractivity contribution in [3.8, 4) is 0 Å². The molecule has 0 aromatic heterocycles. The van der Waals surface area contributed by atoms with E-state index < -0.39 is 5.60 Å². The van der Waals surface area contributed by atoms with Crippen molar-refractivity contribution in [2.24, 2.45) is 40.4 Å². The molecule has 1 spiro atoms. The molecule has 11 atom stereocenters. The van der Waals surface area contributed by atoms with Crippen LogP contribution in [0.4, 0.5) is 0 Å². The third-order valence-corrected chi connectivity index (χ3v) is 10.4. The van der Waals surface area contributed by atoms with Crippen LogP contribution in [0.15, 0.2) is 0 Å². The average molecular weight is 347 g/mol. The maximum Gasteiger partial charge on any atom is 0.0746 e. The molecule has 6 aliphatic rings. The Morgan fingerprint density at radius 1 is 1.08 bits per heavy atom. The van der Waals surface area contributed by atoms with Crippen LogP contribution in [0, 0.1) is 40.4 Å².